The molecule has 1 N–H and O–H groups in total. The fraction of sp³-hybridized carbons (Fsp3) is 1.00. The predicted molar refractivity (Wildman–Crippen MR) is 73.4 cm³/mol. The molecule has 0 unspecified atom stereocenters. The predicted octanol–water partition coefficient (Wildman–Crippen LogP) is 2.12. The van der Waals surface area contributed by atoms with Crippen molar-refractivity contribution < 1.29 is 4.74 Å². The lowest BCUT2D eigenvalue weighted by Crippen LogP contribution is -2.38. The normalized spacial score (nSPS) is 18.7. The monoisotopic (exact) mass is 242 g/mol. The van der Waals surface area contributed by atoms with Gasteiger partial charge >= 0.3 is 0 Å². The lowest BCUT2D eigenvalue weighted by atomic mass is 9.94. The molecule has 0 saturated carbocycles. The first kappa shape index (κ1) is 14.9. The number of nitrogens with zero attached hydrogens (tertiary/aromatic N) is 1. The molecule has 1 fully saturated rings. The zero-order valence-corrected chi connectivity index (χ0v) is 11.7. The standard InChI is InChI=1S/C14H30N2O/c1-3-14-6-10-16(11-7-14)12-9-15-8-5-13-17-4-2/h14-15H,3-13H2,1-2H3. The van der Waals surface area contributed by atoms with E-state index in [-0.39, 0.29) is 0 Å². The van der Waals surface area contributed by atoms with Crippen LogP contribution in [0.2, 0.25) is 0 Å². The van der Waals surface area contributed by atoms with Gasteiger partial charge in [-0.2, -0.15) is 0 Å². The summed E-state index contributed by atoms with van der Waals surface area (Å²) in [5.41, 5.74) is 0. The summed E-state index contributed by atoms with van der Waals surface area (Å²) in [7, 11) is 0. The Morgan fingerprint density at radius 2 is 1.94 bits per heavy atom. The van der Waals surface area contributed by atoms with Gasteiger partial charge in [0, 0.05) is 26.3 Å². The van der Waals surface area contributed by atoms with Gasteiger partial charge in [0.05, 0.1) is 0 Å². The molecule has 102 valence electrons. The second-order valence-corrected chi connectivity index (χ2v) is 4.99. The highest BCUT2D eigenvalue weighted by Crippen LogP contribution is 2.19. The largest absolute Gasteiger partial charge is 0.382 e. The number of nitrogens with one attached hydrogen (secondary N) is 1. The van der Waals surface area contributed by atoms with Gasteiger partial charge in [0.25, 0.3) is 0 Å². The third-order valence-electron chi connectivity index (χ3n) is 3.74. The topological polar surface area (TPSA) is 24.5 Å². The van der Waals surface area contributed by atoms with Gasteiger partial charge in [-0.25, -0.2) is 0 Å². The van der Waals surface area contributed by atoms with Gasteiger partial charge in [-0.05, 0) is 51.7 Å². The molecule has 1 aliphatic heterocycles. The van der Waals surface area contributed by atoms with Gasteiger partial charge in [-0.1, -0.05) is 13.3 Å². The molecular weight excluding hydrogens is 212 g/mol. The van der Waals surface area contributed by atoms with Crippen molar-refractivity contribution in [1.29, 1.82) is 0 Å². The van der Waals surface area contributed by atoms with E-state index in [9.17, 15) is 0 Å². The molecule has 0 bridgehead atoms. The quantitative estimate of drug-likeness (QED) is 0.627. The first-order valence-corrected chi connectivity index (χ1v) is 7.37. The Bertz CT molecular complexity index is 168. The first-order chi connectivity index (χ1) is 8.36. The second kappa shape index (κ2) is 9.86. The Morgan fingerprint density at radius 1 is 1.18 bits per heavy atom. The molecule has 1 saturated heterocycles. The Balaban J connectivity index is 1.87. The van der Waals surface area contributed by atoms with Gasteiger partial charge in [0.1, 0.15) is 0 Å². The lowest BCUT2D eigenvalue weighted by molar-refractivity contribution is 0.144. The van der Waals surface area contributed by atoms with E-state index in [0.29, 0.717) is 0 Å². The number of rotatable bonds is 9. The molecule has 1 aliphatic rings. The van der Waals surface area contributed by atoms with E-state index in [1.54, 1.807) is 0 Å². The van der Waals surface area contributed by atoms with Crippen LogP contribution >= 0.6 is 0 Å². The van der Waals surface area contributed by atoms with Crippen molar-refractivity contribution in [2.24, 2.45) is 5.92 Å². The lowest BCUT2D eigenvalue weighted by Gasteiger charge is -2.31. The molecule has 3 heteroatoms. The molecule has 17 heavy (non-hydrogen) atoms. The Morgan fingerprint density at radius 3 is 2.59 bits per heavy atom. The third kappa shape index (κ3) is 7.02. The summed E-state index contributed by atoms with van der Waals surface area (Å²) in [4.78, 5) is 2.60. The molecule has 0 aliphatic carbocycles. The minimum atomic E-state index is 0.840. The van der Waals surface area contributed by atoms with E-state index < -0.39 is 0 Å². The molecule has 1 heterocycles. The summed E-state index contributed by atoms with van der Waals surface area (Å²) in [5, 5.41) is 3.50. The van der Waals surface area contributed by atoms with Crippen LogP contribution in [0.4, 0.5) is 0 Å². The Hall–Kier alpha value is -0.120. The molecule has 0 atom stereocenters. The number of hydrogen-bond acceptors (Lipinski definition) is 3. The molecule has 0 radical (unpaired) electrons. The number of hydrogen-bond donors (Lipinski definition) is 1. The van der Waals surface area contributed by atoms with Crippen molar-refractivity contribution in [2.45, 2.75) is 39.5 Å². The van der Waals surface area contributed by atoms with Crippen molar-refractivity contribution in [3.05, 3.63) is 0 Å². The summed E-state index contributed by atoms with van der Waals surface area (Å²) >= 11 is 0. The summed E-state index contributed by atoms with van der Waals surface area (Å²) in [6.07, 6.45) is 5.30. The van der Waals surface area contributed by atoms with Crippen molar-refractivity contribution >= 4 is 0 Å². The van der Waals surface area contributed by atoms with Crippen LogP contribution in [0.1, 0.15) is 39.5 Å². The van der Waals surface area contributed by atoms with Crippen molar-refractivity contribution in [2.75, 3.05) is 45.9 Å². The van der Waals surface area contributed by atoms with Crippen LogP contribution in [-0.2, 0) is 4.74 Å². The van der Waals surface area contributed by atoms with Gasteiger partial charge in [0.2, 0.25) is 0 Å². The van der Waals surface area contributed by atoms with E-state index in [0.717, 1.165) is 38.6 Å². The van der Waals surface area contributed by atoms with Crippen LogP contribution in [0, 0.1) is 5.92 Å². The first-order valence-electron chi connectivity index (χ1n) is 7.37. The Labute approximate surface area is 107 Å². The van der Waals surface area contributed by atoms with E-state index in [2.05, 4.69) is 17.1 Å². The fourth-order valence-corrected chi connectivity index (χ4v) is 2.42. The van der Waals surface area contributed by atoms with E-state index in [1.165, 1.54) is 38.9 Å². The van der Waals surface area contributed by atoms with Crippen LogP contribution in [0.3, 0.4) is 0 Å². The van der Waals surface area contributed by atoms with Crippen LogP contribution in [0.5, 0.6) is 0 Å². The maximum Gasteiger partial charge on any atom is 0.0477 e. The highest BCUT2D eigenvalue weighted by molar-refractivity contribution is 4.71. The minimum Gasteiger partial charge on any atom is -0.382 e. The third-order valence-corrected chi connectivity index (χ3v) is 3.74. The van der Waals surface area contributed by atoms with Crippen LogP contribution in [-0.4, -0.2) is 50.8 Å². The van der Waals surface area contributed by atoms with Gasteiger partial charge in [-0.15, -0.1) is 0 Å². The number of ether oxygens (including phenoxy) is 1. The zero-order valence-electron chi connectivity index (χ0n) is 11.7. The van der Waals surface area contributed by atoms with Crippen LogP contribution < -0.4 is 5.32 Å². The molecule has 0 aromatic rings. The summed E-state index contributed by atoms with van der Waals surface area (Å²) in [5.74, 6) is 0.991. The van der Waals surface area contributed by atoms with Crippen LogP contribution in [0.25, 0.3) is 0 Å². The minimum absolute atomic E-state index is 0.840. The number of likely N-dealkylation sites (tertiary alicyclic amines) is 1. The molecule has 0 aromatic carbocycles. The smallest absolute Gasteiger partial charge is 0.0477 e. The van der Waals surface area contributed by atoms with E-state index in [4.69, 9.17) is 4.74 Å². The molecule has 3 nitrogen and oxygen atoms in total. The molecular formula is C14H30N2O. The van der Waals surface area contributed by atoms with Gasteiger partial charge < -0.3 is 15.0 Å². The zero-order chi connectivity index (χ0) is 12.3. The molecule has 0 spiro atoms. The molecule has 0 aromatic heterocycles. The summed E-state index contributed by atoms with van der Waals surface area (Å²) in [6, 6.07) is 0. The summed E-state index contributed by atoms with van der Waals surface area (Å²) in [6.45, 7) is 12.1. The Kier molecular flexibility index (Phi) is 8.67. The van der Waals surface area contributed by atoms with Gasteiger partial charge in [0.15, 0.2) is 0 Å². The van der Waals surface area contributed by atoms with Crippen molar-refractivity contribution in [3.63, 3.8) is 0 Å². The van der Waals surface area contributed by atoms with Crippen molar-refractivity contribution in [3.8, 4) is 0 Å². The fourth-order valence-electron chi connectivity index (χ4n) is 2.42. The average Bonchev–Trinajstić information content (AvgIpc) is 2.38. The average molecular weight is 242 g/mol. The van der Waals surface area contributed by atoms with Crippen LogP contribution in [0.15, 0.2) is 0 Å². The van der Waals surface area contributed by atoms with E-state index in [1.807, 2.05) is 6.92 Å². The molecule has 1 rings (SSSR count). The highest BCUT2D eigenvalue weighted by atomic mass is 16.5. The molecule has 0 amide bonds. The SMILES string of the molecule is CCOCCCNCCN1CCC(CC)CC1. The number of piperidine rings is 1. The highest BCUT2D eigenvalue weighted by Gasteiger charge is 2.16. The second-order valence-electron chi connectivity index (χ2n) is 4.99. The maximum absolute atomic E-state index is 5.30. The van der Waals surface area contributed by atoms with E-state index >= 15 is 0 Å². The maximum atomic E-state index is 5.30. The van der Waals surface area contributed by atoms with Crippen molar-refractivity contribution in [1.82, 2.24) is 10.2 Å². The van der Waals surface area contributed by atoms with Gasteiger partial charge in [-0.3, -0.25) is 0 Å². The summed E-state index contributed by atoms with van der Waals surface area (Å²) < 4.78 is 5.30.